The summed E-state index contributed by atoms with van der Waals surface area (Å²) in [6.07, 6.45) is 1.34. The van der Waals surface area contributed by atoms with Crippen molar-refractivity contribution in [3.8, 4) is 0 Å². The molecule has 0 saturated heterocycles. The predicted octanol–water partition coefficient (Wildman–Crippen LogP) is 0.691. The Hall–Kier alpha value is -2.28. The molecule has 6 nitrogen and oxygen atoms in total. The van der Waals surface area contributed by atoms with Crippen molar-refractivity contribution in [2.24, 2.45) is 5.73 Å². The molecule has 2 aromatic rings. The highest BCUT2D eigenvalue weighted by molar-refractivity contribution is 7.80. The van der Waals surface area contributed by atoms with Gasteiger partial charge in [0.05, 0.1) is 6.20 Å². The van der Waals surface area contributed by atoms with Crippen LogP contribution in [0.25, 0.3) is 0 Å². The summed E-state index contributed by atoms with van der Waals surface area (Å²) in [5.41, 5.74) is 7.01. The minimum Gasteiger partial charge on any atom is -0.389 e. The first-order chi connectivity index (χ1) is 8.16. The number of aromatic amines is 1. The molecule has 0 unspecified atom stereocenters. The Morgan fingerprint density at radius 2 is 2.29 bits per heavy atom. The van der Waals surface area contributed by atoms with Crippen LogP contribution in [0.3, 0.4) is 0 Å². The van der Waals surface area contributed by atoms with Crippen LogP contribution >= 0.6 is 12.2 Å². The van der Waals surface area contributed by atoms with Crippen molar-refractivity contribution in [3.05, 3.63) is 41.7 Å². The number of nitrogens with zero attached hydrogens (tertiary/aromatic N) is 2. The molecule has 0 bridgehead atoms. The van der Waals surface area contributed by atoms with Gasteiger partial charge in [0.25, 0.3) is 5.91 Å². The van der Waals surface area contributed by atoms with E-state index in [1.165, 1.54) is 6.20 Å². The van der Waals surface area contributed by atoms with Gasteiger partial charge in [-0.05, 0) is 12.1 Å². The van der Waals surface area contributed by atoms with Gasteiger partial charge < -0.3 is 11.1 Å². The third-order valence-electron chi connectivity index (χ3n) is 2.05. The van der Waals surface area contributed by atoms with Gasteiger partial charge in [0.2, 0.25) is 0 Å². The molecule has 0 aliphatic heterocycles. The molecule has 1 aromatic heterocycles. The molecule has 1 heterocycles. The van der Waals surface area contributed by atoms with Gasteiger partial charge in [-0.15, -0.1) is 0 Å². The zero-order valence-electron chi connectivity index (χ0n) is 8.68. The highest BCUT2D eigenvalue weighted by Gasteiger charge is 2.09. The molecule has 1 aromatic carbocycles. The highest BCUT2D eigenvalue weighted by atomic mass is 32.1. The second kappa shape index (κ2) is 4.71. The molecule has 2 rings (SSSR count). The van der Waals surface area contributed by atoms with Crippen molar-refractivity contribution in [1.29, 1.82) is 0 Å². The first-order valence-electron chi connectivity index (χ1n) is 4.74. The van der Waals surface area contributed by atoms with Crippen LogP contribution in [-0.4, -0.2) is 26.3 Å². The van der Waals surface area contributed by atoms with Gasteiger partial charge in [-0.3, -0.25) is 4.79 Å². The van der Waals surface area contributed by atoms with Crippen molar-refractivity contribution in [3.63, 3.8) is 0 Å². The summed E-state index contributed by atoms with van der Waals surface area (Å²) < 4.78 is 0. The smallest absolute Gasteiger partial charge is 0.277 e. The Balaban J connectivity index is 2.16. The average molecular weight is 247 g/mol. The maximum Gasteiger partial charge on any atom is 0.277 e. The Morgan fingerprint density at radius 1 is 1.47 bits per heavy atom. The second-order valence-electron chi connectivity index (χ2n) is 3.25. The van der Waals surface area contributed by atoms with E-state index in [0.29, 0.717) is 11.3 Å². The van der Waals surface area contributed by atoms with Crippen molar-refractivity contribution in [2.45, 2.75) is 0 Å². The van der Waals surface area contributed by atoms with Gasteiger partial charge in [0, 0.05) is 11.3 Å². The number of nitrogens with one attached hydrogen (secondary N) is 2. The zero-order chi connectivity index (χ0) is 12.3. The molecule has 0 atom stereocenters. The van der Waals surface area contributed by atoms with Crippen LogP contribution in [0.15, 0.2) is 30.5 Å². The van der Waals surface area contributed by atoms with Crippen molar-refractivity contribution in [1.82, 2.24) is 15.4 Å². The Labute approximate surface area is 102 Å². The molecular formula is C10H9N5OS. The van der Waals surface area contributed by atoms with Crippen molar-refractivity contribution >= 4 is 28.8 Å². The summed E-state index contributed by atoms with van der Waals surface area (Å²) in [6, 6.07) is 6.96. The number of hydrogen-bond acceptors (Lipinski definition) is 4. The van der Waals surface area contributed by atoms with Gasteiger partial charge in [0.15, 0.2) is 5.69 Å². The lowest BCUT2D eigenvalue weighted by atomic mass is 10.2. The molecule has 0 aliphatic rings. The molecule has 17 heavy (non-hydrogen) atoms. The van der Waals surface area contributed by atoms with Crippen LogP contribution < -0.4 is 11.1 Å². The molecule has 1 amide bonds. The summed E-state index contributed by atoms with van der Waals surface area (Å²) in [5, 5.41) is 12.3. The number of hydrogen-bond donors (Lipinski definition) is 3. The summed E-state index contributed by atoms with van der Waals surface area (Å²) in [7, 11) is 0. The van der Waals surface area contributed by atoms with E-state index in [1.807, 2.05) is 0 Å². The molecule has 0 aliphatic carbocycles. The first-order valence-corrected chi connectivity index (χ1v) is 5.14. The second-order valence-corrected chi connectivity index (χ2v) is 3.69. The van der Waals surface area contributed by atoms with Gasteiger partial charge >= 0.3 is 0 Å². The zero-order valence-corrected chi connectivity index (χ0v) is 9.49. The minimum atomic E-state index is -0.348. The monoisotopic (exact) mass is 247 g/mol. The summed E-state index contributed by atoms with van der Waals surface area (Å²) in [5.74, 6) is -0.348. The third kappa shape index (κ3) is 2.64. The lowest BCUT2D eigenvalue weighted by Gasteiger charge is -2.04. The van der Waals surface area contributed by atoms with E-state index >= 15 is 0 Å². The molecular weight excluding hydrogens is 238 g/mol. The topological polar surface area (TPSA) is 96.7 Å². The lowest BCUT2D eigenvalue weighted by Crippen LogP contribution is -2.14. The van der Waals surface area contributed by atoms with Crippen LogP contribution in [-0.2, 0) is 0 Å². The standard InChI is InChI=1S/C10H9N5OS/c11-9(17)6-2-1-3-7(4-6)13-10(16)8-5-12-15-14-8/h1-5H,(H2,11,17)(H,13,16)(H,12,14,15). The molecule has 0 saturated carbocycles. The molecule has 0 radical (unpaired) electrons. The maximum atomic E-state index is 11.7. The number of carbonyl (C=O) groups is 1. The summed E-state index contributed by atoms with van der Waals surface area (Å²) >= 11 is 4.85. The van der Waals surface area contributed by atoms with Crippen LogP contribution in [0.5, 0.6) is 0 Å². The van der Waals surface area contributed by atoms with E-state index < -0.39 is 0 Å². The molecule has 0 spiro atoms. The van der Waals surface area contributed by atoms with Crippen LogP contribution in [0, 0.1) is 0 Å². The number of benzene rings is 1. The molecule has 0 fully saturated rings. The number of H-pyrrole nitrogens is 1. The number of amides is 1. The number of carbonyl (C=O) groups excluding carboxylic acids is 1. The van der Waals surface area contributed by atoms with Crippen LogP contribution in [0.4, 0.5) is 5.69 Å². The molecule has 7 heteroatoms. The van der Waals surface area contributed by atoms with Crippen molar-refractivity contribution < 1.29 is 4.79 Å². The molecule has 4 N–H and O–H groups in total. The Bertz CT molecular complexity index is 552. The van der Waals surface area contributed by atoms with E-state index in [2.05, 4.69) is 20.7 Å². The maximum absolute atomic E-state index is 11.7. The van der Waals surface area contributed by atoms with Gasteiger partial charge in [0.1, 0.15) is 4.99 Å². The van der Waals surface area contributed by atoms with Gasteiger partial charge in [-0.1, -0.05) is 24.4 Å². The van der Waals surface area contributed by atoms with E-state index in [1.54, 1.807) is 24.3 Å². The van der Waals surface area contributed by atoms with Gasteiger partial charge in [-0.2, -0.15) is 15.4 Å². The Morgan fingerprint density at radius 3 is 2.94 bits per heavy atom. The fraction of sp³-hybridized carbons (Fsp3) is 0. The van der Waals surface area contributed by atoms with E-state index in [9.17, 15) is 4.79 Å². The van der Waals surface area contributed by atoms with Gasteiger partial charge in [-0.25, -0.2) is 0 Å². The molecule has 86 valence electrons. The fourth-order valence-electron chi connectivity index (χ4n) is 1.26. The van der Waals surface area contributed by atoms with E-state index in [0.717, 1.165) is 0 Å². The number of thiocarbonyl (C=S) groups is 1. The average Bonchev–Trinajstić information content (AvgIpc) is 2.82. The first kappa shape index (κ1) is 11.2. The number of nitrogens with two attached hydrogens (primary N) is 1. The fourth-order valence-corrected chi connectivity index (χ4v) is 1.38. The number of rotatable bonds is 3. The third-order valence-corrected chi connectivity index (χ3v) is 2.29. The lowest BCUT2D eigenvalue weighted by molar-refractivity contribution is 0.102. The largest absolute Gasteiger partial charge is 0.389 e. The SMILES string of the molecule is NC(=S)c1cccc(NC(=O)c2cn[nH]n2)c1. The quantitative estimate of drug-likeness (QED) is 0.693. The van der Waals surface area contributed by atoms with E-state index in [-0.39, 0.29) is 16.6 Å². The van der Waals surface area contributed by atoms with Crippen LogP contribution in [0.1, 0.15) is 16.1 Å². The number of anilines is 1. The highest BCUT2D eigenvalue weighted by Crippen LogP contribution is 2.11. The Kier molecular flexibility index (Phi) is 3.10. The van der Waals surface area contributed by atoms with Crippen molar-refractivity contribution in [2.75, 3.05) is 5.32 Å². The minimum absolute atomic E-state index is 0.214. The van der Waals surface area contributed by atoms with E-state index in [4.69, 9.17) is 18.0 Å². The summed E-state index contributed by atoms with van der Waals surface area (Å²) in [4.78, 5) is 11.9. The van der Waals surface area contributed by atoms with Crippen LogP contribution in [0.2, 0.25) is 0 Å². The normalized spacial score (nSPS) is 9.88. The number of aromatic nitrogens is 3. The summed E-state index contributed by atoms with van der Waals surface area (Å²) in [6.45, 7) is 0. The predicted molar refractivity (Wildman–Crippen MR) is 66.7 cm³/mol.